The van der Waals surface area contributed by atoms with Crippen molar-refractivity contribution >= 4 is 22.4 Å². The SMILES string of the molecule is Cc1cc(C(=O)Nc2ncc(-c3ccccn3)s2)no1. The van der Waals surface area contributed by atoms with Gasteiger partial charge in [-0.3, -0.25) is 15.1 Å². The molecule has 0 radical (unpaired) electrons. The molecule has 3 aromatic heterocycles. The van der Waals surface area contributed by atoms with Crippen LogP contribution in [0.5, 0.6) is 0 Å². The van der Waals surface area contributed by atoms with Crippen LogP contribution < -0.4 is 5.32 Å². The molecule has 0 aliphatic rings. The molecule has 0 spiro atoms. The van der Waals surface area contributed by atoms with Crippen LogP contribution in [-0.4, -0.2) is 21.0 Å². The Kier molecular flexibility index (Phi) is 3.26. The fourth-order valence-electron chi connectivity index (χ4n) is 1.59. The summed E-state index contributed by atoms with van der Waals surface area (Å²) in [6, 6.07) is 7.21. The van der Waals surface area contributed by atoms with Gasteiger partial charge in [-0.1, -0.05) is 22.6 Å². The predicted molar refractivity (Wildman–Crippen MR) is 74.5 cm³/mol. The zero-order valence-electron chi connectivity index (χ0n) is 10.5. The maximum atomic E-state index is 11.9. The van der Waals surface area contributed by atoms with Gasteiger partial charge in [0.15, 0.2) is 10.8 Å². The van der Waals surface area contributed by atoms with Gasteiger partial charge in [-0.15, -0.1) is 0 Å². The highest BCUT2D eigenvalue weighted by atomic mass is 32.1. The van der Waals surface area contributed by atoms with E-state index in [4.69, 9.17) is 4.52 Å². The normalized spacial score (nSPS) is 10.4. The first-order valence-corrected chi connectivity index (χ1v) is 6.66. The lowest BCUT2D eigenvalue weighted by Gasteiger charge is -1.96. The van der Waals surface area contributed by atoms with Crippen molar-refractivity contribution in [2.45, 2.75) is 6.92 Å². The summed E-state index contributed by atoms with van der Waals surface area (Å²) in [5.74, 6) is 0.243. The number of hydrogen-bond donors (Lipinski definition) is 1. The molecule has 100 valence electrons. The standard InChI is InChI=1S/C13H10N4O2S/c1-8-6-10(17-19-8)12(18)16-13-15-7-11(20-13)9-4-2-3-5-14-9/h2-7H,1H3,(H,15,16,18). The second-order valence-corrected chi connectivity index (χ2v) is 5.05. The molecule has 0 aliphatic carbocycles. The average Bonchev–Trinajstić information content (AvgIpc) is 3.09. The van der Waals surface area contributed by atoms with Gasteiger partial charge in [0, 0.05) is 18.5 Å². The smallest absolute Gasteiger partial charge is 0.279 e. The van der Waals surface area contributed by atoms with Gasteiger partial charge in [-0.05, 0) is 19.1 Å². The molecule has 0 atom stereocenters. The van der Waals surface area contributed by atoms with E-state index in [1.54, 1.807) is 25.4 Å². The Bertz CT molecular complexity index is 736. The Morgan fingerprint density at radius 1 is 1.35 bits per heavy atom. The third-order valence-electron chi connectivity index (χ3n) is 2.50. The van der Waals surface area contributed by atoms with Crippen molar-refractivity contribution in [3.63, 3.8) is 0 Å². The summed E-state index contributed by atoms with van der Waals surface area (Å²) in [6.07, 6.45) is 3.39. The van der Waals surface area contributed by atoms with Gasteiger partial charge < -0.3 is 4.52 Å². The van der Waals surface area contributed by atoms with Crippen LogP contribution >= 0.6 is 11.3 Å². The lowest BCUT2D eigenvalue weighted by molar-refractivity contribution is 0.101. The first-order valence-electron chi connectivity index (χ1n) is 5.84. The number of anilines is 1. The van der Waals surface area contributed by atoms with Gasteiger partial charge in [0.25, 0.3) is 5.91 Å². The first kappa shape index (κ1) is 12.5. The van der Waals surface area contributed by atoms with Crippen molar-refractivity contribution < 1.29 is 9.32 Å². The summed E-state index contributed by atoms with van der Waals surface area (Å²) in [4.78, 5) is 21.2. The third-order valence-corrected chi connectivity index (χ3v) is 3.44. The second kappa shape index (κ2) is 5.22. The molecule has 0 unspecified atom stereocenters. The molecule has 3 heterocycles. The Morgan fingerprint density at radius 2 is 2.25 bits per heavy atom. The minimum Gasteiger partial charge on any atom is -0.361 e. The number of carbonyl (C=O) groups is 1. The van der Waals surface area contributed by atoms with E-state index in [2.05, 4.69) is 20.4 Å². The Hall–Kier alpha value is -2.54. The zero-order valence-corrected chi connectivity index (χ0v) is 11.3. The summed E-state index contributed by atoms with van der Waals surface area (Å²) >= 11 is 1.35. The van der Waals surface area contributed by atoms with E-state index in [0.717, 1.165) is 10.6 Å². The molecule has 0 aliphatic heterocycles. The predicted octanol–water partition coefficient (Wildman–Crippen LogP) is 2.75. The number of nitrogens with one attached hydrogen (secondary N) is 1. The molecule has 0 saturated carbocycles. The number of pyridine rings is 1. The van der Waals surface area contributed by atoms with Crippen LogP contribution in [-0.2, 0) is 0 Å². The maximum Gasteiger partial charge on any atom is 0.279 e. The van der Waals surface area contributed by atoms with Crippen LogP contribution in [0.3, 0.4) is 0 Å². The van der Waals surface area contributed by atoms with Gasteiger partial charge in [-0.25, -0.2) is 4.98 Å². The largest absolute Gasteiger partial charge is 0.361 e. The summed E-state index contributed by atoms with van der Waals surface area (Å²) in [7, 11) is 0. The lowest BCUT2D eigenvalue weighted by Crippen LogP contribution is -2.11. The van der Waals surface area contributed by atoms with E-state index in [-0.39, 0.29) is 11.6 Å². The Morgan fingerprint density at radius 3 is 2.95 bits per heavy atom. The lowest BCUT2D eigenvalue weighted by atomic mass is 10.3. The first-order chi connectivity index (χ1) is 9.72. The molecule has 7 heteroatoms. The van der Waals surface area contributed by atoms with E-state index in [0.29, 0.717) is 10.9 Å². The molecule has 3 aromatic rings. The summed E-state index contributed by atoms with van der Waals surface area (Å²) in [5, 5.41) is 6.83. The molecule has 0 saturated heterocycles. The van der Waals surface area contributed by atoms with Crippen molar-refractivity contribution in [1.82, 2.24) is 15.1 Å². The Balaban J connectivity index is 1.76. The molecule has 0 fully saturated rings. The number of hydrogen-bond acceptors (Lipinski definition) is 6. The van der Waals surface area contributed by atoms with Gasteiger partial charge in [0.05, 0.1) is 10.6 Å². The van der Waals surface area contributed by atoms with Gasteiger partial charge >= 0.3 is 0 Å². The summed E-state index contributed by atoms with van der Waals surface area (Å²) in [5.41, 5.74) is 1.06. The zero-order chi connectivity index (χ0) is 13.9. The fourth-order valence-corrected chi connectivity index (χ4v) is 2.38. The van der Waals surface area contributed by atoms with Crippen LogP contribution in [0.2, 0.25) is 0 Å². The minimum atomic E-state index is -0.344. The van der Waals surface area contributed by atoms with Gasteiger partial charge in [0.2, 0.25) is 0 Å². The van der Waals surface area contributed by atoms with E-state index in [9.17, 15) is 4.79 Å². The maximum absolute atomic E-state index is 11.9. The average molecular weight is 286 g/mol. The molecule has 0 bridgehead atoms. The molecule has 20 heavy (non-hydrogen) atoms. The number of aryl methyl sites for hydroxylation is 1. The number of rotatable bonds is 3. The summed E-state index contributed by atoms with van der Waals surface area (Å²) in [6.45, 7) is 1.73. The topological polar surface area (TPSA) is 80.9 Å². The highest BCUT2D eigenvalue weighted by molar-refractivity contribution is 7.19. The van der Waals surface area contributed by atoms with Crippen LogP contribution in [0.4, 0.5) is 5.13 Å². The van der Waals surface area contributed by atoms with Crippen molar-refractivity contribution in [3.8, 4) is 10.6 Å². The molecular weight excluding hydrogens is 276 g/mol. The summed E-state index contributed by atoms with van der Waals surface area (Å²) < 4.78 is 4.86. The number of carbonyl (C=O) groups excluding carboxylic acids is 1. The van der Waals surface area contributed by atoms with E-state index in [1.807, 2.05) is 18.2 Å². The fraction of sp³-hybridized carbons (Fsp3) is 0.0769. The number of nitrogens with zero attached hydrogens (tertiary/aromatic N) is 3. The van der Waals surface area contributed by atoms with E-state index in [1.165, 1.54) is 11.3 Å². The molecule has 6 nitrogen and oxygen atoms in total. The number of amides is 1. The molecule has 0 aromatic carbocycles. The van der Waals surface area contributed by atoms with Gasteiger partial charge in [-0.2, -0.15) is 0 Å². The van der Waals surface area contributed by atoms with Crippen molar-refractivity contribution in [1.29, 1.82) is 0 Å². The second-order valence-electron chi connectivity index (χ2n) is 4.02. The molecular formula is C13H10N4O2S. The highest BCUT2D eigenvalue weighted by Crippen LogP contribution is 2.27. The molecule has 3 rings (SSSR count). The monoisotopic (exact) mass is 286 g/mol. The highest BCUT2D eigenvalue weighted by Gasteiger charge is 2.13. The van der Waals surface area contributed by atoms with E-state index >= 15 is 0 Å². The van der Waals surface area contributed by atoms with E-state index < -0.39 is 0 Å². The quantitative estimate of drug-likeness (QED) is 0.800. The van der Waals surface area contributed by atoms with Crippen LogP contribution in [0.15, 0.2) is 41.2 Å². The molecule has 1 amide bonds. The van der Waals surface area contributed by atoms with Crippen LogP contribution in [0.1, 0.15) is 16.2 Å². The number of aromatic nitrogens is 3. The van der Waals surface area contributed by atoms with Crippen molar-refractivity contribution in [2.75, 3.05) is 5.32 Å². The molecule has 1 N–H and O–H groups in total. The number of thiazole rings is 1. The third kappa shape index (κ3) is 2.57. The van der Waals surface area contributed by atoms with Gasteiger partial charge in [0.1, 0.15) is 5.76 Å². The van der Waals surface area contributed by atoms with Crippen LogP contribution in [0, 0.1) is 6.92 Å². The minimum absolute atomic E-state index is 0.233. The van der Waals surface area contributed by atoms with Crippen molar-refractivity contribution in [3.05, 3.63) is 48.1 Å². The Labute approximate surface area is 118 Å². The van der Waals surface area contributed by atoms with Crippen molar-refractivity contribution in [2.24, 2.45) is 0 Å². The van der Waals surface area contributed by atoms with Crippen LogP contribution in [0.25, 0.3) is 10.6 Å².